The first-order valence-electron chi connectivity index (χ1n) is 12.2. The lowest BCUT2D eigenvalue weighted by molar-refractivity contribution is -0.581. The van der Waals surface area contributed by atoms with E-state index in [4.69, 9.17) is 0 Å². The molecule has 3 rings (SSSR count). The summed E-state index contributed by atoms with van der Waals surface area (Å²) in [5.41, 5.74) is 8.25. The van der Waals surface area contributed by atoms with Crippen LogP contribution >= 0.6 is 7.26 Å². The summed E-state index contributed by atoms with van der Waals surface area (Å²) in [5.74, 6) is 2.66. The van der Waals surface area contributed by atoms with Gasteiger partial charge in [-0.25, -0.2) is 4.58 Å². The highest BCUT2D eigenvalue weighted by Gasteiger charge is 2.53. The second-order valence-electron chi connectivity index (χ2n) is 10.3. The molecule has 3 aromatic rings. The number of hydrogen-bond acceptors (Lipinski definition) is 0. The standard InChI is InChI=1S/C31H42NP/c1-21(2)32(22(3)4)20-33(29-14-12-11-13-15-29,30-25(7)16-23(5)17-26(30)8)31-27(9)18-24(6)19-28(31)10/h11-22H,1-10H3/q+2. The smallest absolute Gasteiger partial charge is 0.202 e. The van der Waals surface area contributed by atoms with E-state index in [1.54, 1.807) is 0 Å². The molecule has 0 heterocycles. The quantitative estimate of drug-likeness (QED) is 0.219. The van der Waals surface area contributed by atoms with Crippen molar-refractivity contribution in [3.05, 3.63) is 88.0 Å². The van der Waals surface area contributed by atoms with Crippen LogP contribution in [0.4, 0.5) is 0 Å². The third-order valence-electron chi connectivity index (χ3n) is 6.64. The van der Waals surface area contributed by atoms with E-state index in [1.807, 2.05) is 0 Å². The second-order valence-corrected chi connectivity index (χ2v) is 13.4. The number of nitrogens with zero attached hydrogens (tertiary/aromatic N) is 1. The van der Waals surface area contributed by atoms with E-state index in [-0.39, 0.29) is 0 Å². The normalized spacial score (nSPS) is 11.9. The molecule has 0 aliphatic rings. The first-order valence-corrected chi connectivity index (χ1v) is 14.1. The van der Waals surface area contributed by atoms with Crippen molar-refractivity contribution >= 4 is 29.1 Å². The fraction of sp³-hybridized carbons (Fsp3) is 0.387. The van der Waals surface area contributed by atoms with Crippen LogP contribution < -0.4 is 15.9 Å². The third-order valence-corrected chi connectivity index (χ3v) is 11.2. The molecule has 33 heavy (non-hydrogen) atoms. The van der Waals surface area contributed by atoms with Gasteiger partial charge in [-0.3, -0.25) is 0 Å². The maximum absolute atomic E-state index is 2.66. The van der Waals surface area contributed by atoms with E-state index in [0.29, 0.717) is 12.1 Å². The van der Waals surface area contributed by atoms with Crippen molar-refractivity contribution in [3.8, 4) is 0 Å². The first kappa shape index (κ1) is 25.4. The van der Waals surface area contributed by atoms with E-state index in [2.05, 4.69) is 134 Å². The average Bonchev–Trinajstić information content (AvgIpc) is 2.70. The van der Waals surface area contributed by atoms with Crippen LogP contribution in [0.2, 0.25) is 0 Å². The molecule has 0 radical (unpaired) electrons. The Morgan fingerprint density at radius 2 is 0.970 bits per heavy atom. The Balaban J connectivity index is 2.66. The van der Waals surface area contributed by atoms with Crippen LogP contribution in [0, 0.1) is 41.5 Å². The minimum Gasteiger partial charge on any atom is -0.202 e. The van der Waals surface area contributed by atoms with E-state index in [1.165, 1.54) is 49.3 Å². The highest BCUT2D eigenvalue weighted by molar-refractivity contribution is 8.06. The summed E-state index contributed by atoms with van der Waals surface area (Å²) in [6, 6.07) is 21.6. The van der Waals surface area contributed by atoms with Crippen LogP contribution in [0.3, 0.4) is 0 Å². The van der Waals surface area contributed by atoms with Crippen LogP contribution in [0.5, 0.6) is 0 Å². The fourth-order valence-electron chi connectivity index (χ4n) is 5.74. The minimum atomic E-state index is -2.11. The van der Waals surface area contributed by atoms with Crippen LogP contribution in [0.1, 0.15) is 61.1 Å². The molecule has 0 saturated carbocycles. The summed E-state index contributed by atoms with van der Waals surface area (Å²) in [4.78, 5) is 0. The maximum Gasteiger partial charge on any atom is 0.292 e. The highest BCUT2D eigenvalue weighted by Crippen LogP contribution is 2.56. The Hall–Kier alpha value is -2.24. The third kappa shape index (κ3) is 4.85. The summed E-state index contributed by atoms with van der Waals surface area (Å²) in [6.45, 7) is 23.0. The molecule has 0 aliphatic heterocycles. The summed E-state index contributed by atoms with van der Waals surface area (Å²) in [6.07, 6.45) is 0. The largest absolute Gasteiger partial charge is 0.292 e. The van der Waals surface area contributed by atoms with Gasteiger partial charge in [0.25, 0.3) is 5.96 Å². The molecule has 0 bridgehead atoms. The van der Waals surface area contributed by atoms with Crippen LogP contribution in [0.25, 0.3) is 0 Å². The van der Waals surface area contributed by atoms with Crippen molar-refractivity contribution in [3.63, 3.8) is 0 Å². The molecule has 174 valence electrons. The number of benzene rings is 3. The summed E-state index contributed by atoms with van der Waals surface area (Å²) >= 11 is 0. The van der Waals surface area contributed by atoms with Gasteiger partial charge < -0.3 is 0 Å². The molecule has 0 saturated heterocycles. The van der Waals surface area contributed by atoms with Gasteiger partial charge in [-0.1, -0.05) is 53.6 Å². The van der Waals surface area contributed by atoms with Gasteiger partial charge >= 0.3 is 0 Å². The van der Waals surface area contributed by atoms with E-state index < -0.39 is 7.26 Å². The van der Waals surface area contributed by atoms with E-state index >= 15 is 0 Å². The summed E-state index contributed by atoms with van der Waals surface area (Å²) in [5, 5.41) is 4.46. The molecule has 0 spiro atoms. The molecule has 0 atom stereocenters. The van der Waals surface area contributed by atoms with Crippen molar-refractivity contribution in [1.29, 1.82) is 0 Å². The number of hydrogen-bond donors (Lipinski definition) is 0. The molecule has 2 heteroatoms. The van der Waals surface area contributed by atoms with Crippen LogP contribution in [-0.2, 0) is 0 Å². The zero-order chi connectivity index (χ0) is 24.5. The molecule has 0 unspecified atom stereocenters. The van der Waals surface area contributed by atoms with Crippen molar-refractivity contribution in [2.24, 2.45) is 0 Å². The zero-order valence-electron chi connectivity index (χ0n) is 22.3. The Kier molecular flexibility index (Phi) is 7.65. The number of aryl methyl sites for hydroxylation is 6. The minimum absolute atomic E-state index is 0.421. The Bertz CT molecular complexity index is 1060. The lowest BCUT2D eigenvalue weighted by atomic mass is 10.1. The Morgan fingerprint density at radius 1 is 0.606 bits per heavy atom. The topological polar surface area (TPSA) is 3.01 Å². The molecule has 0 amide bonds. The lowest BCUT2D eigenvalue weighted by Gasteiger charge is -2.28. The summed E-state index contributed by atoms with van der Waals surface area (Å²) < 4.78 is 2.60. The Labute approximate surface area is 202 Å². The SMILES string of the molecule is Cc1cc(C)c([P+](C=[N+](C(C)C)C(C)C)(c2ccccc2)c2c(C)cc(C)cc2C)c(C)c1. The lowest BCUT2D eigenvalue weighted by Crippen LogP contribution is -2.41. The molecular weight excluding hydrogens is 417 g/mol. The van der Waals surface area contributed by atoms with Crippen LogP contribution in [-0.4, -0.2) is 22.6 Å². The molecular formula is C31H42NP+2. The van der Waals surface area contributed by atoms with Crippen LogP contribution in [0.15, 0.2) is 54.6 Å². The predicted octanol–water partition coefficient (Wildman–Crippen LogP) is 6.69. The van der Waals surface area contributed by atoms with Crippen molar-refractivity contribution in [2.75, 3.05) is 0 Å². The van der Waals surface area contributed by atoms with E-state index in [9.17, 15) is 0 Å². The first-order chi connectivity index (χ1) is 15.5. The second kappa shape index (κ2) is 9.94. The van der Waals surface area contributed by atoms with Gasteiger partial charge in [-0.05, 0) is 104 Å². The molecule has 0 fully saturated rings. The van der Waals surface area contributed by atoms with Gasteiger partial charge in [-0.15, -0.1) is 0 Å². The zero-order valence-corrected chi connectivity index (χ0v) is 23.2. The van der Waals surface area contributed by atoms with Gasteiger partial charge in [0.15, 0.2) is 12.1 Å². The van der Waals surface area contributed by atoms with Gasteiger partial charge in [0, 0.05) is 0 Å². The molecule has 0 N–H and O–H groups in total. The maximum atomic E-state index is 2.66. The van der Waals surface area contributed by atoms with Gasteiger partial charge in [0.05, 0.1) is 0 Å². The highest BCUT2D eigenvalue weighted by atomic mass is 31.2. The van der Waals surface area contributed by atoms with Gasteiger partial charge in [-0.2, -0.15) is 0 Å². The molecule has 0 aromatic heterocycles. The fourth-order valence-corrected chi connectivity index (χ4v) is 10.9. The predicted molar refractivity (Wildman–Crippen MR) is 150 cm³/mol. The average molecular weight is 460 g/mol. The van der Waals surface area contributed by atoms with E-state index in [0.717, 1.165) is 0 Å². The molecule has 0 aliphatic carbocycles. The van der Waals surface area contributed by atoms with Crippen molar-refractivity contribution < 1.29 is 4.58 Å². The Morgan fingerprint density at radius 3 is 1.30 bits per heavy atom. The van der Waals surface area contributed by atoms with Crippen molar-refractivity contribution in [1.82, 2.24) is 0 Å². The molecule has 1 nitrogen and oxygen atoms in total. The summed E-state index contributed by atoms with van der Waals surface area (Å²) in [7, 11) is -2.11. The van der Waals surface area contributed by atoms with Crippen molar-refractivity contribution in [2.45, 2.75) is 81.3 Å². The van der Waals surface area contributed by atoms with Gasteiger partial charge in [0.2, 0.25) is 7.26 Å². The number of rotatable bonds is 6. The molecule has 3 aromatic carbocycles. The monoisotopic (exact) mass is 459 g/mol. The van der Waals surface area contributed by atoms with Gasteiger partial charge in [0.1, 0.15) is 15.9 Å².